The van der Waals surface area contributed by atoms with Crippen LogP contribution in [-0.2, 0) is 9.59 Å². The molecule has 0 radical (unpaired) electrons. The predicted octanol–water partition coefficient (Wildman–Crippen LogP) is 2.62. The molecule has 2 aromatic carbocycles. The first-order chi connectivity index (χ1) is 10.5. The molecule has 1 aliphatic rings. The molecule has 1 fully saturated rings. The molecule has 6 heteroatoms. The van der Waals surface area contributed by atoms with Gasteiger partial charge in [0.2, 0.25) is 0 Å². The fraction of sp³-hybridized carbons (Fsp3) is 0. The fourth-order valence-electron chi connectivity index (χ4n) is 2.07. The molecule has 110 valence electrons. The molecular weight excluding hydrogens is 348 g/mol. The number of phenolic OH excluding ortho intramolecular Hbond substituents is 1. The molecule has 0 bridgehead atoms. The van der Waals surface area contributed by atoms with Gasteiger partial charge >= 0.3 is 0 Å². The third kappa shape index (κ3) is 2.73. The van der Waals surface area contributed by atoms with Gasteiger partial charge in [-0.05, 0) is 48.0 Å². The maximum atomic E-state index is 12.4. The number of nitrogens with one attached hydrogen (secondary N) is 1. The number of anilines is 1. The Labute approximate surface area is 135 Å². The van der Waals surface area contributed by atoms with Gasteiger partial charge < -0.3 is 5.11 Å². The highest BCUT2D eigenvalue weighted by Crippen LogP contribution is 2.23. The van der Waals surface area contributed by atoms with Crippen molar-refractivity contribution in [3.63, 3.8) is 0 Å². The van der Waals surface area contributed by atoms with Crippen LogP contribution in [0.2, 0.25) is 0 Å². The number of carbonyl (C=O) groups is 2. The lowest BCUT2D eigenvalue weighted by atomic mass is 10.1. The van der Waals surface area contributed by atoms with Crippen molar-refractivity contribution in [2.45, 2.75) is 0 Å². The van der Waals surface area contributed by atoms with E-state index >= 15 is 0 Å². The van der Waals surface area contributed by atoms with Crippen LogP contribution in [0.4, 0.5) is 5.69 Å². The highest BCUT2D eigenvalue weighted by Gasteiger charge is 2.34. The minimum atomic E-state index is -0.457. The number of rotatable bonds is 2. The summed E-state index contributed by atoms with van der Waals surface area (Å²) >= 11 is 3.32. The van der Waals surface area contributed by atoms with Crippen LogP contribution in [0.5, 0.6) is 5.75 Å². The summed E-state index contributed by atoms with van der Waals surface area (Å²) in [6.45, 7) is 0. The average molecular weight is 359 g/mol. The van der Waals surface area contributed by atoms with Gasteiger partial charge in [-0.15, -0.1) is 0 Å². The Bertz CT molecular complexity index is 767. The van der Waals surface area contributed by atoms with Crippen LogP contribution in [0.3, 0.4) is 0 Å². The Morgan fingerprint density at radius 1 is 1.00 bits per heavy atom. The molecule has 0 aliphatic carbocycles. The number of nitrogens with zero attached hydrogens (tertiary/aromatic N) is 1. The Balaban J connectivity index is 1.91. The zero-order chi connectivity index (χ0) is 15.7. The molecule has 2 amide bonds. The lowest BCUT2D eigenvalue weighted by Gasteiger charge is -2.14. The van der Waals surface area contributed by atoms with E-state index < -0.39 is 11.8 Å². The normalized spacial score (nSPS) is 16.2. The molecule has 1 heterocycles. The van der Waals surface area contributed by atoms with Gasteiger partial charge in [0.1, 0.15) is 11.3 Å². The van der Waals surface area contributed by atoms with Crippen LogP contribution < -0.4 is 10.4 Å². The number of aromatic hydroxyl groups is 1. The summed E-state index contributed by atoms with van der Waals surface area (Å²) in [7, 11) is 0. The van der Waals surface area contributed by atoms with Gasteiger partial charge in [0.05, 0.1) is 5.69 Å². The SMILES string of the molecule is O=C1NN(c2ccc(Br)cc2)C(=O)/C1=C/c1ccc(O)cc1. The molecular formula is C16H11BrN2O3. The lowest BCUT2D eigenvalue weighted by molar-refractivity contribution is -0.117. The van der Waals surface area contributed by atoms with Crippen molar-refractivity contribution in [1.29, 1.82) is 0 Å². The summed E-state index contributed by atoms with van der Waals surface area (Å²) < 4.78 is 0.883. The summed E-state index contributed by atoms with van der Waals surface area (Å²) in [5.41, 5.74) is 3.82. The first-order valence-corrected chi connectivity index (χ1v) is 7.25. The van der Waals surface area contributed by atoms with Crippen molar-refractivity contribution in [2.75, 3.05) is 5.01 Å². The largest absolute Gasteiger partial charge is 0.508 e. The van der Waals surface area contributed by atoms with Crippen LogP contribution in [-0.4, -0.2) is 16.9 Å². The topological polar surface area (TPSA) is 69.6 Å². The molecule has 1 aliphatic heterocycles. The maximum absolute atomic E-state index is 12.4. The maximum Gasteiger partial charge on any atom is 0.282 e. The highest BCUT2D eigenvalue weighted by molar-refractivity contribution is 9.10. The molecule has 2 N–H and O–H groups in total. The predicted molar refractivity (Wildman–Crippen MR) is 85.9 cm³/mol. The van der Waals surface area contributed by atoms with Crippen molar-refractivity contribution < 1.29 is 14.7 Å². The average Bonchev–Trinajstić information content (AvgIpc) is 2.78. The third-order valence-electron chi connectivity index (χ3n) is 3.18. The molecule has 1 saturated heterocycles. The minimum Gasteiger partial charge on any atom is -0.508 e. The molecule has 3 rings (SSSR count). The van der Waals surface area contributed by atoms with Crippen molar-refractivity contribution >= 4 is 39.5 Å². The third-order valence-corrected chi connectivity index (χ3v) is 3.71. The Kier molecular flexibility index (Phi) is 3.68. The highest BCUT2D eigenvalue weighted by atomic mass is 79.9. The van der Waals surface area contributed by atoms with E-state index in [1.807, 2.05) is 0 Å². The van der Waals surface area contributed by atoms with E-state index in [1.165, 1.54) is 23.2 Å². The van der Waals surface area contributed by atoms with E-state index in [2.05, 4.69) is 21.4 Å². The number of hydrogen-bond donors (Lipinski definition) is 2. The van der Waals surface area contributed by atoms with Crippen molar-refractivity contribution in [2.24, 2.45) is 0 Å². The van der Waals surface area contributed by atoms with Crippen molar-refractivity contribution in [3.05, 3.63) is 64.1 Å². The zero-order valence-electron chi connectivity index (χ0n) is 11.3. The molecule has 0 unspecified atom stereocenters. The van der Waals surface area contributed by atoms with E-state index in [1.54, 1.807) is 36.4 Å². The number of carbonyl (C=O) groups excluding carboxylic acids is 2. The van der Waals surface area contributed by atoms with Crippen LogP contribution in [0.25, 0.3) is 6.08 Å². The quantitative estimate of drug-likeness (QED) is 0.640. The van der Waals surface area contributed by atoms with E-state index in [4.69, 9.17) is 0 Å². The van der Waals surface area contributed by atoms with E-state index in [9.17, 15) is 14.7 Å². The summed E-state index contributed by atoms with van der Waals surface area (Å²) in [5.74, 6) is -0.748. The minimum absolute atomic E-state index is 0.0496. The van der Waals surface area contributed by atoms with Gasteiger partial charge in [0, 0.05) is 4.47 Å². The van der Waals surface area contributed by atoms with Gasteiger partial charge in [-0.2, -0.15) is 0 Å². The first-order valence-electron chi connectivity index (χ1n) is 6.46. The van der Waals surface area contributed by atoms with Crippen LogP contribution in [0.15, 0.2) is 58.6 Å². The number of hydrazine groups is 1. The number of hydrogen-bond acceptors (Lipinski definition) is 3. The van der Waals surface area contributed by atoms with Crippen molar-refractivity contribution in [3.8, 4) is 5.75 Å². The van der Waals surface area contributed by atoms with E-state index in [0.717, 1.165) is 4.47 Å². The van der Waals surface area contributed by atoms with Crippen LogP contribution in [0.1, 0.15) is 5.56 Å². The van der Waals surface area contributed by atoms with Gasteiger partial charge in [-0.3, -0.25) is 15.0 Å². The van der Waals surface area contributed by atoms with E-state index in [0.29, 0.717) is 11.3 Å². The molecule has 0 aromatic heterocycles. The number of amides is 2. The standard InChI is InChI=1S/C16H11BrN2O3/c17-11-3-5-12(6-4-11)19-16(22)14(15(21)18-19)9-10-1-7-13(20)8-2-10/h1-9,20H,(H,18,21)/b14-9+. The molecule has 22 heavy (non-hydrogen) atoms. The van der Waals surface area contributed by atoms with Crippen molar-refractivity contribution in [1.82, 2.24) is 5.43 Å². The molecule has 2 aromatic rings. The number of phenols is 1. The van der Waals surface area contributed by atoms with Gasteiger partial charge in [-0.25, -0.2) is 5.01 Å². The number of benzene rings is 2. The molecule has 0 atom stereocenters. The second-order valence-corrected chi connectivity index (χ2v) is 5.62. The Morgan fingerprint density at radius 3 is 2.27 bits per heavy atom. The summed E-state index contributed by atoms with van der Waals surface area (Å²) in [6.07, 6.45) is 1.50. The van der Waals surface area contributed by atoms with E-state index in [-0.39, 0.29) is 11.3 Å². The monoisotopic (exact) mass is 358 g/mol. The van der Waals surface area contributed by atoms with Gasteiger partial charge in [-0.1, -0.05) is 28.1 Å². The Morgan fingerprint density at radius 2 is 1.64 bits per heavy atom. The fourth-order valence-corrected chi connectivity index (χ4v) is 2.33. The second kappa shape index (κ2) is 5.65. The molecule has 0 saturated carbocycles. The molecule has 5 nitrogen and oxygen atoms in total. The lowest BCUT2D eigenvalue weighted by Crippen LogP contribution is -2.35. The number of halogens is 1. The molecule has 0 spiro atoms. The second-order valence-electron chi connectivity index (χ2n) is 4.71. The van der Waals surface area contributed by atoms with Gasteiger partial charge in [0.15, 0.2) is 0 Å². The summed E-state index contributed by atoms with van der Waals surface area (Å²) in [6, 6.07) is 13.3. The zero-order valence-corrected chi connectivity index (χ0v) is 12.9. The Hall–Kier alpha value is -2.60. The smallest absolute Gasteiger partial charge is 0.282 e. The van der Waals surface area contributed by atoms with Crippen LogP contribution in [0, 0.1) is 0 Å². The summed E-state index contributed by atoms with van der Waals surface area (Å²) in [4.78, 5) is 24.4. The van der Waals surface area contributed by atoms with Gasteiger partial charge in [0.25, 0.3) is 11.8 Å². The van der Waals surface area contributed by atoms with Crippen LogP contribution >= 0.6 is 15.9 Å². The summed E-state index contributed by atoms with van der Waals surface area (Å²) in [5, 5.41) is 10.5. The first kappa shape index (κ1) is 14.3.